The van der Waals surface area contributed by atoms with Gasteiger partial charge in [0.25, 0.3) is 5.79 Å². The molecule has 2 aromatic carbocycles. The maximum absolute atomic E-state index is 12.1. The summed E-state index contributed by atoms with van der Waals surface area (Å²) in [5.41, 5.74) is 1.19. The third-order valence-electron chi connectivity index (χ3n) is 3.31. The van der Waals surface area contributed by atoms with Gasteiger partial charge in [-0.1, -0.05) is 12.1 Å². The van der Waals surface area contributed by atoms with Gasteiger partial charge in [-0.05, 0) is 36.4 Å². The van der Waals surface area contributed by atoms with E-state index in [1.165, 1.54) is 0 Å². The van der Waals surface area contributed by atoms with Crippen LogP contribution >= 0.6 is 0 Å². The number of hydrogen-bond donors (Lipinski definition) is 0. The van der Waals surface area contributed by atoms with E-state index in [0.29, 0.717) is 11.3 Å². The maximum atomic E-state index is 12.1. The predicted molar refractivity (Wildman–Crippen MR) is 72.8 cm³/mol. The first-order valence-electron chi connectivity index (χ1n) is 6.28. The number of benzene rings is 2. The van der Waals surface area contributed by atoms with E-state index in [-0.39, 0.29) is 5.97 Å². The van der Waals surface area contributed by atoms with Gasteiger partial charge in [-0.15, -0.1) is 0 Å². The van der Waals surface area contributed by atoms with E-state index in [9.17, 15) is 4.79 Å². The van der Waals surface area contributed by atoms with E-state index >= 15 is 0 Å². The molecule has 1 heterocycles. The molecule has 1 atom stereocenters. The number of para-hydroxylation sites is 1. The number of fused-ring (bicyclic) bond motifs is 1. The molecule has 0 aliphatic carbocycles. The predicted octanol–water partition coefficient (Wildman–Crippen LogP) is 3.12. The van der Waals surface area contributed by atoms with Crippen molar-refractivity contribution in [2.24, 2.45) is 0 Å². The van der Waals surface area contributed by atoms with Crippen molar-refractivity contribution in [1.82, 2.24) is 0 Å². The molecule has 1 aliphatic heterocycles. The number of hydrogen-bond acceptors (Lipinski definition) is 4. The summed E-state index contributed by atoms with van der Waals surface area (Å²) >= 11 is 0. The molecule has 1 unspecified atom stereocenters. The largest absolute Gasteiger partial charge is 0.497 e. The average Bonchev–Trinajstić information content (AvgIpc) is 2.47. The minimum atomic E-state index is -1.13. The van der Waals surface area contributed by atoms with Crippen molar-refractivity contribution in [3.63, 3.8) is 0 Å². The lowest BCUT2D eigenvalue weighted by Gasteiger charge is -2.34. The average molecular weight is 270 g/mol. The van der Waals surface area contributed by atoms with Crippen LogP contribution in [0.3, 0.4) is 0 Å². The zero-order valence-corrected chi connectivity index (χ0v) is 11.3. The third kappa shape index (κ3) is 1.99. The van der Waals surface area contributed by atoms with E-state index in [1.54, 1.807) is 44.4 Å². The Morgan fingerprint density at radius 1 is 1.00 bits per heavy atom. The van der Waals surface area contributed by atoms with Gasteiger partial charge in [-0.25, -0.2) is 4.79 Å². The number of esters is 1. The van der Waals surface area contributed by atoms with Crippen LogP contribution in [-0.2, 0) is 10.5 Å². The summed E-state index contributed by atoms with van der Waals surface area (Å²) in [6.07, 6.45) is 0. The quantitative estimate of drug-likeness (QED) is 0.786. The van der Waals surface area contributed by atoms with Crippen LogP contribution in [0.2, 0.25) is 0 Å². The van der Waals surface area contributed by atoms with Crippen LogP contribution in [0.5, 0.6) is 11.5 Å². The highest BCUT2D eigenvalue weighted by Gasteiger charge is 2.39. The number of carbonyl (C=O) groups is 1. The Bertz CT molecular complexity index is 648. The summed E-state index contributed by atoms with van der Waals surface area (Å²) in [4.78, 5) is 12.1. The molecule has 0 N–H and O–H groups in total. The van der Waals surface area contributed by atoms with E-state index < -0.39 is 5.79 Å². The lowest BCUT2D eigenvalue weighted by molar-refractivity contribution is -0.148. The third-order valence-corrected chi connectivity index (χ3v) is 3.31. The second kappa shape index (κ2) is 4.56. The monoisotopic (exact) mass is 270 g/mol. The number of rotatable bonds is 2. The molecule has 0 spiro atoms. The van der Waals surface area contributed by atoms with Gasteiger partial charge in [0, 0.05) is 12.5 Å². The Balaban J connectivity index is 1.99. The SMILES string of the molecule is COc1ccc(C2(C)OC(=O)c3ccccc3O2)cc1. The Hall–Kier alpha value is -2.49. The summed E-state index contributed by atoms with van der Waals surface area (Å²) < 4.78 is 16.4. The minimum absolute atomic E-state index is 0.384. The highest BCUT2D eigenvalue weighted by atomic mass is 16.7. The molecule has 1 aliphatic rings. The van der Waals surface area contributed by atoms with Crippen molar-refractivity contribution in [3.05, 3.63) is 59.7 Å². The van der Waals surface area contributed by atoms with Gasteiger partial charge in [-0.3, -0.25) is 0 Å². The standard InChI is InChI=1S/C16H14O4/c1-16(11-7-9-12(18-2)10-8-11)19-14-6-4-3-5-13(14)15(17)20-16/h3-10H,1-2H3. The van der Waals surface area contributed by atoms with Crippen LogP contribution in [0, 0.1) is 0 Å². The van der Waals surface area contributed by atoms with E-state index in [0.717, 1.165) is 11.3 Å². The highest BCUT2D eigenvalue weighted by molar-refractivity contribution is 5.93. The molecule has 2 aromatic rings. The molecular formula is C16H14O4. The van der Waals surface area contributed by atoms with Crippen molar-refractivity contribution in [2.75, 3.05) is 7.11 Å². The summed E-state index contributed by atoms with van der Waals surface area (Å²) in [5, 5.41) is 0. The van der Waals surface area contributed by atoms with Crippen LogP contribution in [0.15, 0.2) is 48.5 Å². The minimum Gasteiger partial charge on any atom is -0.497 e. The smallest absolute Gasteiger partial charge is 0.345 e. The second-order valence-electron chi connectivity index (χ2n) is 4.66. The van der Waals surface area contributed by atoms with Gasteiger partial charge in [0.05, 0.1) is 7.11 Å². The van der Waals surface area contributed by atoms with Crippen molar-refractivity contribution in [1.29, 1.82) is 0 Å². The molecule has 0 saturated heterocycles. The number of cyclic esters (lactones) is 1. The molecule has 3 rings (SSSR count). The molecule has 0 radical (unpaired) electrons. The van der Waals surface area contributed by atoms with Crippen LogP contribution in [0.25, 0.3) is 0 Å². The number of carbonyl (C=O) groups excluding carboxylic acids is 1. The molecule has 20 heavy (non-hydrogen) atoms. The van der Waals surface area contributed by atoms with Crippen LogP contribution in [0.4, 0.5) is 0 Å². The zero-order valence-electron chi connectivity index (χ0n) is 11.3. The summed E-state index contributed by atoms with van der Waals surface area (Å²) in [5.74, 6) is -0.246. The fourth-order valence-corrected chi connectivity index (χ4v) is 2.20. The summed E-state index contributed by atoms with van der Waals surface area (Å²) in [6, 6.07) is 14.3. The molecule has 4 heteroatoms. The Kier molecular flexibility index (Phi) is 2.86. The Labute approximate surface area is 116 Å². The fourth-order valence-electron chi connectivity index (χ4n) is 2.20. The van der Waals surface area contributed by atoms with Gasteiger partial charge in [0.15, 0.2) is 0 Å². The molecular weight excluding hydrogens is 256 g/mol. The van der Waals surface area contributed by atoms with Gasteiger partial charge in [-0.2, -0.15) is 0 Å². The molecule has 0 aromatic heterocycles. The molecule has 0 saturated carbocycles. The molecule has 0 amide bonds. The lowest BCUT2D eigenvalue weighted by atomic mass is 10.0. The van der Waals surface area contributed by atoms with E-state index in [4.69, 9.17) is 14.2 Å². The van der Waals surface area contributed by atoms with Gasteiger partial charge in [0.1, 0.15) is 17.1 Å². The Morgan fingerprint density at radius 3 is 2.40 bits per heavy atom. The fraction of sp³-hybridized carbons (Fsp3) is 0.188. The van der Waals surface area contributed by atoms with Crippen molar-refractivity contribution >= 4 is 5.97 Å². The molecule has 0 fully saturated rings. The summed E-state index contributed by atoms with van der Waals surface area (Å²) in [6.45, 7) is 1.72. The normalized spacial score (nSPS) is 20.6. The number of methoxy groups -OCH3 is 1. The van der Waals surface area contributed by atoms with Crippen LogP contribution < -0.4 is 9.47 Å². The van der Waals surface area contributed by atoms with Crippen molar-refractivity contribution in [3.8, 4) is 11.5 Å². The topological polar surface area (TPSA) is 44.8 Å². The maximum Gasteiger partial charge on any atom is 0.345 e. The Morgan fingerprint density at radius 2 is 1.70 bits per heavy atom. The van der Waals surface area contributed by atoms with Gasteiger partial charge < -0.3 is 14.2 Å². The van der Waals surface area contributed by atoms with Gasteiger partial charge >= 0.3 is 5.97 Å². The van der Waals surface area contributed by atoms with Crippen LogP contribution in [-0.4, -0.2) is 13.1 Å². The number of ether oxygens (including phenoxy) is 3. The van der Waals surface area contributed by atoms with E-state index in [1.807, 2.05) is 18.2 Å². The molecule has 102 valence electrons. The highest BCUT2D eigenvalue weighted by Crippen LogP contribution is 2.37. The van der Waals surface area contributed by atoms with E-state index in [2.05, 4.69) is 0 Å². The first kappa shape index (κ1) is 12.5. The van der Waals surface area contributed by atoms with Crippen molar-refractivity contribution < 1.29 is 19.0 Å². The lowest BCUT2D eigenvalue weighted by Crippen LogP contribution is -2.39. The molecule has 0 bridgehead atoms. The van der Waals surface area contributed by atoms with Crippen LogP contribution in [0.1, 0.15) is 22.8 Å². The summed E-state index contributed by atoms with van der Waals surface area (Å²) in [7, 11) is 1.60. The first-order valence-corrected chi connectivity index (χ1v) is 6.28. The first-order chi connectivity index (χ1) is 9.62. The van der Waals surface area contributed by atoms with Crippen molar-refractivity contribution in [2.45, 2.75) is 12.7 Å². The molecule has 4 nitrogen and oxygen atoms in total. The second-order valence-corrected chi connectivity index (χ2v) is 4.66. The zero-order chi connectivity index (χ0) is 14.2. The van der Waals surface area contributed by atoms with Gasteiger partial charge in [0.2, 0.25) is 0 Å².